The lowest BCUT2D eigenvalue weighted by Crippen LogP contribution is -2.14. The Hall–Kier alpha value is -3.67. The molecule has 6 nitrogen and oxygen atoms in total. The number of esters is 1. The monoisotopic (exact) mass is 349 g/mol. The highest BCUT2D eigenvalue weighted by Crippen LogP contribution is 2.12. The molecule has 6 heteroatoms. The molecule has 0 aliphatic carbocycles. The van der Waals surface area contributed by atoms with E-state index in [2.05, 4.69) is 5.32 Å². The van der Waals surface area contributed by atoms with Crippen molar-refractivity contribution in [3.05, 3.63) is 89.9 Å². The zero-order chi connectivity index (χ0) is 18.4. The number of nitrogens with one attached hydrogen (secondary N) is 1. The molecule has 0 atom stereocenters. The van der Waals surface area contributed by atoms with Crippen LogP contribution >= 0.6 is 0 Å². The quantitative estimate of drug-likeness (QED) is 0.543. The SMILES string of the molecule is O=C(COC(=O)c1ccco1)c1ccc(NC(=O)c2ccccc2)cc1. The van der Waals surface area contributed by atoms with Crippen LogP contribution in [0.3, 0.4) is 0 Å². The summed E-state index contributed by atoms with van der Waals surface area (Å²) >= 11 is 0. The molecule has 0 aliphatic heterocycles. The van der Waals surface area contributed by atoms with Gasteiger partial charge in [0, 0.05) is 16.8 Å². The van der Waals surface area contributed by atoms with Crippen LogP contribution in [0.4, 0.5) is 5.69 Å². The van der Waals surface area contributed by atoms with Gasteiger partial charge in [0.15, 0.2) is 12.4 Å². The molecule has 3 rings (SSSR count). The van der Waals surface area contributed by atoms with Gasteiger partial charge in [-0.3, -0.25) is 9.59 Å². The number of hydrogen-bond acceptors (Lipinski definition) is 5. The maximum atomic E-state index is 12.1. The summed E-state index contributed by atoms with van der Waals surface area (Å²) in [4.78, 5) is 35.8. The highest BCUT2D eigenvalue weighted by molar-refractivity contribution is 6.04. The van der Waals surface area contributed by atoms with Crippen molar-refractivity contribution in [1.29, 1.82) is 0 Å². The summed E-state index contributed by atoms with van der Waals surface area (Å²) < 4.78 is 9.80. The van der Waals surface area contributed by atoms with E-state index in [0.29, 0.717) is 16.8 Å². The molecule has 0 aliphatic rings. The summed E-state index contributed by atoms with van der Waals surface area (Å²) in [6, 6.07) is 18.2. The maximum absolute atomic E-state index is 12.1. The van der Waals surface area contributed by atoms with Crippen LogP contribution in [0.1, 0.15) is 31.3 Å². The fraction of sp³-hybridized carbons (Fsp3) is 0.0500. The van der Waals surface area contributed by atoms with Crippen molar-refractivity contribution in [2.45, 2.75) is 0 Å². The highest BCUT2D eigenvalue weighted by atomic mass is 16.5. The number of Topliss-reactive ketones (excluding diaryl/α,β-unsaturated/α-hetero) is 1. The first-order valence-corrected chi connectivity index (χ1v) is 7.84. The van der Waals surface area contributed by atoms with Gasteiger partial charge in [-0.25, -0.2) is 4.79 Å². The van der Waals surface area contributed by atoms with Gasteiger partial charge in [-0.05, 0) is 48.5 Å². The predicted molar refractivity (Wildman–Crippen MR) is 94.2 cm³/mol. The minimum absolute atomic E-state index is 0.0387. The van der Waals surface area contributed by atoms with Gasteiger partial charge in [-0.2, -0.15) is 0 Å². The van der Waals surface area contributed by atoms with Gasteiger partial charge in [0.25, 0.3) is 5.91 Å². The Morgan fingerprint density at radius 3 is 2.23 bits per heavy atom. The summed E-state index contributed by atoms with van der Waals surface area (Å²) in [6.07, 6.45) is 1.35. The Balaban J connectivity index is 1.56. The molecule has 0 spiro atoms. The molecule has 0 bridgehead atoms. The number of carbonyl (C=O) groups is 3. The third-order valence-corrected chi connectivity index (χ3v) is 3.56. The number of amides is 1. The minimum atomic E-state index is -0.699. The smallest absolute Gasteiger partial charge is 0.374 e. The standard InChI is InChI=1S/C20H15NO5/c22-17(13-26-20(24)18-7-4-12-25-18)14-8-10-16(11-9-14)21-19(23)15-5-2-1-3-6-15/h1-12H,13H2,(H,21,23). The van der Waals surface area contributed by atoms with Crippen molar-refractivity contribution >= 4 is 23.3 Å². The molecule has 1 amide bonds. The molecule has 3 aromatic rings. The Morgan fingerprint density at radius 1 is 0.846 bits per heavy atom. The third kappa shape index (κ3) is 4.24. The maximum Gasteiger partial charge on any atom is 0.374 e. The molecule has 0 saturated carbocycles. The van der Waals surface area contributed by atoms with E-state index < -0.39 is 12.6 Å². The van der Waals surface area contributed by atoms with Crippen molar-refractivity contribution in [2.24, 2.45) is 0 Å². The van der Waals surface area contributed by atoms with Crippen LogP contribution in [0.15, 0.2) is 77.4 Å². The first kappa shape index (κ1) is 17.2. The van der Waals surface area contributed by atoms with Crippen LogP contribution in [0.25, 0.3) is 0 Å². The van der Waals surface area contributed by atoms with Crippen molar-refractivity contribution in [3.63, 3.8) is 0 Å². The van der Waals surface area contributed by atoms with Gasteiger partial charge in [0.05, 0.1) is 6.26 Å². The van der Waals surface area contributed by atoms with Crippen LogP contribution < -0.4 is 5.32 Å². The third-order valence-electron chi connectivity index (χ3n) is 3.56. The van der Waals surface area contributed by atoms with E-state index in [-0.39, 0.29) is 17.5 Å². The van der Waals surface area contributed by atoms with E-state index in [1.807, 2.05) is 6.07 Å². The van der Waals surface area contributed by atoms with E-state index in [4.69, 9.17) is 9.15 Å². The van der Waals surface area contributed by atoms with Gasteiger partial charge < -0.3 is 14.5 Å². The predicted octanol–water partition coefficient (Wildman–Crippen LogP) is 3.57. The lowest BCUT2D eigenvalue weighted by atomic mass is 10.1. The number of carbonyl (C=O) groups excluding carboxylic acids is 3. The van der Waals surface area contributed by atoms with Gasteiger partial charge in [0.2, 0.25) is 5.76 Å². The molecule has 1 N–H and O–H groups in total. The second-order valence-corrected chi connectivity index (χ2v) is 5.37. The van der Waals surface area contributed by atoms with Crippen LogP contribution in [0.2, 0.25) is 0 Å². The summed E-state index contributed by atoms with van der Waals surface area (Å²) in [5.74, 6) is -1.25. The highest BCUT2D eigenvalue weighted by Gasteiger charge is 2.14. The van der Waals surface area contributed by atoms with Crippen molar-refractivity contribution in [3.8, 4) is 0 Å². The summed E-state index contributed by atoms with van der Waals surface area (Å²) in [5.41, 5.74) is 1.47. The van der Waals surface area contributed by atoms with E-state index >= 15 is 0 Å². The van der Waals surface area contributed by atoms with Gasteiger partial charge in [-0.15, -0.1) is 0 Å². The first-order chi connectivity index (χ1) is 12.6. The number of ketones is 1. The van der Waals surface area contributed by atoms with Crippen molar-refractivity contribution in [2.75, 3.05) is 11.9 Å². The number of anilines is 1. The summed E-state index contributed by atoms with van der Waals surface area (Å²) in [5, 5.41) is 2.75. The minimum Gasteiger partial charge on any atom is -0.457 e. The Kier molecular flexibility index (Phi) is 5.24. The van der Waals surface area contributed by atoms with E-state index in [9.17, 15) is 14.4 Å². The molecule has 0 fully saturated rings. The number of furan rings is 1. The van der Waals surface area contributed by atoms with Crippen molar-refractivity contribution in [1.82, 2.24) is 0 Å². The lowest BCUT2D eigenvalue weighted by Gasteiger charge is -2.07. The number of hydrogen-bond donors (Lipinski definition) is 1. The molecule has 0 radical (unpaired) electrons. The fourth-order valence-corrected chi connectivity index (χ4v) is 2.21. The molecular formula is C20H15NO5. The van der Waals surface area contributed by atoms with E-state index in [1.54, 1.807) is 54.6 Å². The van der Waals surface area contributed by atoms with Crippen LogP contribution in [-0.4, -0.2) is 24.3 Å². The van der Waals surface area contributed by atoms with E-state index in [0.717, 1.165) is 0 Å². The molecule has 0 unspecified atom stereocenters. The Labute approximate surface area is 149 Å². The fourth-order valence-electron chi connectivity index (χ4n) is 2.21. The summed E-state index contributed by atoms with van der Waals surface area (Å²) in [6.45, 7) is -0.394. The molecule has 2 aromatic carbocycles. The topological polar surface area (TPSA) is 85.6 Å². The van der Waals surface area contributed by atoms with Crippen LogP contribution in [0, 0.1) is 0 Å². The van der Waals surface area contributed by atoms with Gasteiger partial charge >= 0.3 is 5.97 Å². The van der Waals surface area contributed by atoms with Gasteiger partial charge in [-0.1, -0.05) is 18.2 Å². The van der Waals surface area contributed by atoms with Crippen LogP contribution in [0.5, 0.6) is 0 Å². The molecule has 1 heterocycles. The zero-order valence-electron chi connectivity index (χ0n) is 13.7. The average molecular weight is 349 g/mol. The molecule has 130 valence electrons. The normalized spacial score (nSPS) is 10.2. The molecule has 0 saturated heterocycles. The number of ether oxygens (including phenoxy) is 1. The van der Waals surface area contributed by atoms with Crippen LogP contribution in [-0.2, 0) is 4.74 Å². The largest absolute Gasteiger partial charge is 0.457 e. The average Bonchev–Trinajstić information content (AvgIpc) is 3.22. The van der Waals surface area contributed by atoms with Crippen molar-refractivity contribution < 1.29 is 23.5 Å². The Morgan fingerprint density at radius 2 is 1.58 bits per heavy atom. The molecular weight excluding hydrogens is 334 g/mol. The van der Waals surface area contributed by atoms with E-state index in [1.165, 1.54) is 12.3 Å². The second-order valence-electron chi connectivity index (χ2n) is 5.37. The zero-order valence-corrected chi connectivity index (χ0v) is 13.7. The van der Waals surface area contributed by atoms with Gasteiger partial charge in [0.1, 0.15) is 0 Å². The molecule has 26 heavy (non-hydrogen) atoms. The molecule has 1 aromatic heterocycles. The number of benzene rings is 2. The Bertz CT molecular complexity index is 899. The summed E-state index contributed by atoms with van der Waals surface area (Å²) in [7, 11) is 0. The first-order valence-electron chi connectivity index (χ1n) is 7.84. The second kappa shape index (κ2) is 7.94. The number of rotatable bonds is 6. The lowest BCUT2D eigenvalue weighted by molar-refractivity contribution is 0.0444.